The van der Waals surface area contributed by atoms with Gasteiger partial charge in [0, 0.05) is 61.8 Å². The molecule has 1 saturated heterocycles. The van der Waals surface area contributed by atoms with Gasteiger partial charge >= 0.3 is 6.03 Å². The van der Waals surface area contributed by atoms with Crippen molar-refractivity contribution in [1.29, 1.82) is 0 Å². The van der Waals surface area contributed by atoms with Gasteiger partial charge in [0.05, 0.1) is 25.3 Å². The highest BCUT2D eigenvalue weighted by molar-refractivity contribution is 5.90. The fourth-order valence-electron chi connectivity index (χ4n) is 6.83. The van der Waals surface area contributed by atoms with Gasteiger partial charge in [-0.25, -0.2) is 4.79 Å². The molecule has 3 aliphatic rings. The van der Waals surface area contributed by atoms with E-state index in [2.05, 4.69) is 34.0 Å². The summed E-state index contributed by atoms with van der Waals surface area (Å²) in [5.41, 5.74) is 3.37. The molecule has 1 aromatic heterocycles. The van der Waals surface area contributed by atoms with Gasteiger partial charge in [0.1, 0.15) is 5.75 Å². The summed E-state index contributed by atoms with van der Waals surface area (Å²) >= 11 is 0. The minimum atomic E-state index is -0.366. The van der Waals surface area contributed by atoms with Crippen molar-refractivity contribution in [2.75, 3.05) is 39.9 Å². The number of ether oxygens (including phenoxy) is 1. The van der Waals surface area contributed by atoms with E-state index in [0.717, 1.165) is 42.5 Å². The lowest BCUT2D eigenvalue weighted by molar-refractivity contribution is -0.00105. The molecule has 2 aliphatic heterocycles. The standard InChI is InChI=1S/C27H40N4O3/c1-18(2)28-26(33)31-17-27(15-30(16-27)13-19-8-6-5-7-9-19)24-21-11-10-20(34-4)12-22(21)29(3)25(24)23(31)14-32/h10-12,18-19,23,32H,5-9,13-17H2,1-4H3,(H,28,33)/t23-/m0/s1. The molecule has 7 nitrogen and oxygen atoms in total. The van der Waals surface area contributed by atoms with Gasteiger partial charge in [-0.3, -0.25) is 0 Å². The molecule has 34 heavy (non-hydrogen) atoms. The van der Waals surface area contributed by atoms with Gasteiger partial charge in [-0.05, 0) is 50.3 Å². The minimum Gasteiger partial charge on any atom is -0.497 e. The molecule has 2 N–H and O–H groups in total. The summed E-state index contributed by atoms with van der Waals surface area (Å²) in [5.74, 6) is 1.62. The van der Waals surface area contributed by atoms with Gasteiger partial charge in [-0.2, -0.15) is 0 Å². The maximum Gasteiger partial charge on any atom is 0.318 e. The lowest BCUT2D eigenvalue weighted by Gasteiger charge is -2.57. The van der Waals surface area contributed by atoms with Crippen molar-refractivity contribution in [1.82, 2.24) is 19.7 Å². The minimum absolute atomic E-state index is 0.0464. The molecule has 1 aromatic carbocycles. The van der Waals surface area contributed by atoms with Gasteiger partial charge in [-0.1, -0.05) is 19.3 Å². The fourth-order valence-corrected chi connectivity index (χ4v) is 6.83. The number of nitrogens with zero attached hydrogens (tertiary/aromatic N) is 3. The zero-order valence-corrected chi connectivity index (χ0v) is 21.1. The van der Waals surface area contributed by atoms with E-state index < -0.39 is 0 Å². The fraction of sp³-hybridized carbons (Fsp3) is 0.667. The molecule has 2 amide bonds. The highest BCUT2D eigenvalue weighted by atomic mass is 16.5. The highest BCUT2D eigenvalue weighted by Gasteiger charge is 2.54. The van der Waals surface area contributed by atoms with E-state index in [1.54, 1.807) is 7.11 Å². The van der Waals surface area contributed by atoms with Gasteiger partial charge < -0.3 is 29.5 Å². The van der Waals surface area contributed by atoms with Gasteiger partial charge in [0.15, 0.2) is 0 Å². The molecule has 2 fully saturated rings. The van der Waals surface area contributed by atoms with E-state index in [-0.39, 0.29) is 30.1 Å². The molecule has 2 aromatic rings. The van der Waals surface area contributed by atoms with Crippen LogP contribution in [0.25, 0.3) is 10.9 Å². The van der Waals surface area contributed by atoms with Crippen LogP contribution in [-0.2, 0) is 12.5 Å². The first kappa shape index (κ1) is 23.5. The van der Waals surface area contributed by atoms with E-state index in [1.165, 1.54) is 43.1 Å². The quantitative estimate of drug-likeness (QED) is 0.701. The summed E-state index contributed by atoms with van der Waals surface area (Å²) in [4.78, 5) is 17.8. The third-order valence-corrected chi connectivity index (χ3v) is 8.29. The number of fused-ring (bicyclic) bond motifs is 4. The average molecular weight is 469 g/mol. The van der Waals surface area contributed by atoms with Gasteiger partial charge in [0.2, 0.25) is 0 Å². The molecule has 1 atom stereocenters. The second-order valence-corrected chi connectivity index (χ2v) is 11.1. The molecule has 5 rings (SSSR count). The maximum atomic E-state index is 13.3. The summed E-state index contributed by atoms with van der Waals surface area (Å²) in [6.45, 7) is 7.59. The molecule has 3 heterocycles. The topological polar surface area (TPSA) is 70.0 Å². The van der Waals surface area contributed by atoms with Crippen LogP contribution in [0.15, 0.2) is 18.2 Å². The van der Waals surface area contributed by atoms with E-state index in [0.29, 0.717) is 6.54 Å². The second kappa shape index (κ2) is 9.08. The number of benzene rings is 1. The summed E-state index contributed by atoms with van der Waals surface area (Å²) in [7, 11) is 3.74. The lowest BCUT2D eigenvalue weighted by Crippen LogP contribution is -2.68. The van der Waals surface area contributed by atoms with Gasteiger partial charge in [-0.15, -0.1) is 0 Å². The third kappa shape index (κ3) is 3.87. The molecule has 0 radical (unpaired) electrons. The average Bonchev–Trinajstić information content (AvgIpc) is 3.10. The number of hydrogen-bond acceptors (Lipinski definition) is 4. The number of carbonyl (C=O) groups excluding carboxylic acids is 1. The Kier molecular flexibility index (Phi) is 6.27. The first-order valence-electron chi connectivity index (χ1n) is 12.9. The number of aromatic nitrogens is 1. The van der Waals surface area contributed by atoms with Crippen LogP contribution in [0.5, 0.6) is 5.75 Å². The van der Waals surface area contributed by atoms with Crippen molar-refractivity contribution in [3.05, 3.63) is 29.5 Å². The van der Waals surface area contributed by atoms with Crippen LogP contribution in [0.4, 0.5) is 4.79 Å². The number of urea groups is 1. The van der Waals surface area contributed by atoms with E-state index in [9.17, 15) is 9.90 Å². The van der Waals surface area contributed by atoms with Crippen LogP contribution in [-0.4, -0.2) is 71.4 Å². The number of aliphatic hydroxyl groups is 1. The Bertz CT molecular complexity index is 1050. The Morgan fingerprint density at radius 1 is 1.21 bits per heavy atom. The Morgan fingerprint density at radius 2 is 1.94 bits per heavy atom. The Morgan fingerprint density at radius 3 is 2.59 bits per heavy atom. The molecular formula is C27H40N4O3. The summed E-state index contributed by atoms with van der Waals surface area (Å²) in [6.07, 6.45) is 6.79. The Balaban J connectivity index is 1.55. The van der Waals surface area contributed by atoms with Crippen molar-refractivity contribution < 1.29 is 14.6 Å². The SMILES string of the molecule is COc1ccc2c3c(n(C)c2c1)[C@H](CO)N(C(=O)NC(C)C)CC31CN(CC2CCCCC2)C1. The Hall–Kier alpha value is -2.25. The van der Waals surface area contributed by atoms with Crippen LogP contribution < -0.4 is 10.1 Å². The molecule has 186 valence electrons. The zero-order valence-electron chi connectivity index (χ0n) is 21.1. The summed E-state index contributed by atoms with van der Waals surface area (Å²) in [6, 6.07) is 5.86. The number of amides is 2. The number of aryl methyl sites for hydroxylation is 1. The highest BCUT2D eigenvalue weighted by Crippen LogP contribution is 2.50. The van der Waals surface area contributed by atoms with Crippen molar-refractivity contribution >= 4 is 16.9 Å². The molecular weight excluding hydrogens is 428 g/mol. The molecule has 1 saturated carbocycles. The lowest BCUT2D eigenvalue weighted by atomic mass is 9.68. The number of likely N-dealkylation sites (tertiary alicyclic amines) is 1. The summed E-state index contributed by atoms with van der Waals surface area (Å²) < 4.78 is 7.69. The van der Waals surface area contributed by atoms with Crippen molar-refractivity contribution in [3.8, 4) is 5.75 Å². The van der Waals surface area contributed by atoms with E-state index in [1.807, 2.05) is 24.8 Å². The zero-order chi connectivity index (χ0) is 24.0. The second-order valence-electron chi connectivity index (χ2n) is 11.1. The molecule has 0 bridgehead atoms. The van der Waals surface area contributed by atoms with Crippen molar-refractivity contribution in [2.45, 2.75) is 63.5 Å². The van der Waals surface area contributed by atoms with E-state index >= 15 is 0 Å². The number of aliphatic hydroxyl groups excluding tert-OH is 1. The molecule has 0 unspecified atom stereocenters. The number of carbonyl (C=O) groups is 1. The number of hydrogen-bond donors (Lipinski definition) is 2. The van der Waals surface area contributed by atoms with Crippen molar-refractivity contribution in [3.63, 3.8) is 0 Å². The van der Waals surface area contributed by atoms with Crippen LogP contribution >= 0.6 is 0 Å². The Labute approximate surface area is 203 Å². The normalized spacial score (nSPS) is 22.8. The monoisotopic (exact) mass is 468 g/mol. The van der Waals surface area contributed by atoms with Crippen LogP contribution in [0, 0.1) is 5.92 Å². The van der Waals surface area contributed by atoms with Crippen molar-refractivity contribution in [2.24, 2.45) is 13.0 Å². The first-order chi connectivity index (χ1) is 16.4. The predicted molar refractivity (Wildman–Crippen MR) is 134 cm³/mol. The van der Waals surface area contributed by atoms with Crippen LogP contribution in [0.2, 0.25) is 0 Å². The maximum absolute atomic E-state index is 13.3. The number of nitrogens with one attached hydrogen (secondary N) is 1. The molecule has 1 aliphatic carbocycles. The van der Waals surface area contributed by atoms with Gasteiger partial charge in [0.25, 0.3) is 0 Å². The smallest absolute Gasteiger partial charge is 0.318 e. The van der Waals surface area contributed by atoms with E-state index in [4.69, 9.17) is 4.74 Å². The van der Waals surface area contributed by atoms with Crippen LogP contribution in [0.3, 0.4) is 0 Å². The molecule has 7 heteroatoms. The largest absolute Gasteiger partial charge is 0.497 e. The van der Waals surface area contributed by atoms with Crippen LogP contribution in [0.1, 0.15) is 63.3 Å². The number of methoxy groups -OCH3 is 1. The predicted octanol–water partition coefficient (Wildman–Crippen LogP) is 3.79. The third-order valence-electron chi connectivity index (χ3n) is 8.29. The molecule has 1 spiro atoms. The first-order valence-corrected chi connectivity index (χ1v) is 12.9. The summed E-state index contributed by atoms with van der Waals surface area (Å²) in [5, 5.41) is 14.8. The number of rotatable bonds is 5.